The van der Waals surface area contributed by atoms with E-state index in [9.17, 15) is 0 Å². The van der Waals surface area contributed by atoms with Crippen molar-refractivity contribution in [3.63, 3.8) is 0 Å². The lowest BCUT2D eigenvalue weighted by molar-refractivity contribution is 0.301. The molecule has 0 unspecified atom stereocenters. The third kappa shape index (κ3) is 6.61. The summed E-state index contributed by atoms with van der Waals surface area (Å²) in [4.78, 5) is 15.6. The van der Waals surface area contributed by atoms with Crippen LogP contribution >= 0.6 is 11.6 Å². The molecule has 0 atom stereocenters. The van der Waals surface area contributed by atoms with E-state index >= 15 is 0 Å². The highest BCUT2D eigenvalue weighted by molar-refractivity contribution is 6.68. The summed E-state index contributed by atoms with van der Waals surface area (Å²) in [6.07, 6.45) is 9.87. The summed E-state index contributed by atoms with van der Waals surface area (Å²) in [5, 5.41) is 0.328. The van der Waals surface area contributed by atoms with Gasteiger partial charge in [0.15, 0.2) is 0 Å². The van der Waals surface area contributed by atoms with Crippen LogP contribution in [0, 0.1) is 0 Å². The highest BCUT2D eigenvalue weighted by atomic mass is 35.5. The Balaban J connectivity index is 2.16. The van der Waals surface area contributed by atoms with E-state index in [0.29, 0.717) is 17.5 Å². The molecule has 0 bridgehead atoms. The van der Waals surface area contributed by atoms with E-state index in [2.05, 4.69) is 26.5 Å². The van der Waals surface area contributed by atoms with Gasteiger partial charge in [-0.1, -0.05) is 36.4 Å². The summed E-state index contributed by atoms with van der Waals surface area (Å²) in [5.41, 5.74) is 2.46. The maximum absolute atomic E-state index is 5.81. The molecule has 0 saturated carbocycles. The Morgan fingerprint density at radius 1 is 1.32 bits per heavy atom. The Morgan fingerprint density at radius 3 is 2.88 bits per heavy atom. The van der Waals surface area contributed by atoms with E-state index in [-0.39, 0.29) is 0 Å². The van der Waals surface area contributed by atoms with Crippen molar-refractivity contribution < 1.29 is 4.74 Å². The van der Waals surface area contributed by atoms with Crippen molar-refractivity contribution >= 4 is 22.3 Å². The number of ether oxygens (including phenoxy) is 1. The molecule has 0 spiro atoms. The first-order valence-electron chi connectivity index (χ1n) is 7.61. The second-order valence-corrected chi connectivity index (χ2v) is 5.38. The maximum Gasteiger partial charge on any atom is 0.132 e. The molecule has 0 amide bonds. The van der Waals surface area contributed by atoms with Crippen LogP contribution in [-0.4, -0.2) is 20.1 Å². The summed E-state index contributed by atoms with van der Waals surface area (Å²) in [7, 11) is 0. The molecular formula is C19H19ClN4O. The van der Waals surface area contributed by atoms with Crippen molar-refractivity contribution in [1.82, 2.24) is 15.0 Å². The SMILES string of the molecule is C=C/C(Cl)=N\C=C(/C)c1cncnc(COc2ccccc2)c[nH]c1. The number of rotatable bonds is 6. The zero-order valence-electron chi connectivity index (χ0n) is 13.9. The standard InChI is InChI=1S/C19H19ClN4O/c1-3-19(20)23-9-15(2)16-10-21-12-17(24-14-22-11-16)13-25-18-7-5-4-6-8-18/h3-12,14,21H,1,13H2,2H3/b15-9+,16-10?,17-12?,22-11?,23-19+,24-14?. The average Bonchev–Trinajstić information content (AvgIpc) is 2.77. The lowest BCUT2D eigenvalue weighted by Gasteiger charge is -2.03. The van der Waals surface area contributed by atoms with Crippen LogP contribution in [0.3, 0.4) is 0 Å². The van der Waals surface area contributed by atoms with Crippen LogP contribution in [-0.2, 0) is 6.61 Å². The quantitative estimate of drug-likeness (QED) is 0.765. The molecule has 1 heterocycles. The molecular weight excluding hydrogens is 336 g/mol. The molecule has 0 aliphatic carbocycles. The van der Waals surface area contributed by atoms with Gasteiger partial charge in [-0.2, -0.15) is 0 Å². The van der Waals surface area contributed by atoms with E-state index in [4.69, 9.17) is 16.3 Å². The number of halogens is 1. The van der Waals surface area contributed by atoms with Crippen LogP contribution in [0.15, 0.2) is 79.1 Å². The molecule has 0 radical (unpaired) electrons. The molecule has 5 nitrogen and oxygen atoms in total. The van der Waals surface area contributed by atoms with Crippen molar-refractivity contribution in [3.05, 3.63) is 85.4 Å². The molecule has 0 aliphatic heterocycles. The van der Waals surface area contributed by atoms with Gasteiger partial charge in [-0.25, -0.2) is 15.0 Å². The third-order valence-corrected chi connectivity index (χ3v) is 3.38. The molecule has 128 valence electrons. The van der Waals surface area contributed by atoms with E-state index in [1.807, 2.05) is 43.5 Å². The Bertz CT molecular complexity index is 811. The minimum atomic E-state index is 0.328. The number of hydrogen-bond donors (Lipinski definition) is 1. The van der Waals surface area contributed by atoms with Crippen molar-refractivity contribution in [2.75, 3.05) is 0 Å². The Hall–Kier alpha value is -2.92. The number of nitrogens with one attached hydrogen (secondary N) is 1. The van der Waals surface area contributed by atoms with Crippen molar-refractivity contribution in [2.24, 2.45) is 4.99 Å². The van der Waals surface area contributed by atoms with Gasteiger partial charge in [0, 0.05) is 30.4 Å². The maximum atomic E-state index is 5.81. The number of aromatic amines is 1. The predicted molar refractivity (Wildman–Crippen MR) is 102 cm³/mol. The summed E-state index contributed by atoms with van der Waals surface area (Å²) in [6, 6.07) is 9.57. The fourth-order valence-electron chi connectivity index (χ4n) is 1.78. The Morgan fingerprint density at radius 2 is 2.12 bits per heavy atom. The van der Waals surface area contributed by atoms with Gasteiger partial charge in [0.05, 0.1) is 5.69 Å². The molecule has 0 fully saturated rings. The third-order valence-electron chi connectivity index (χ3n) is 3.13. The minimum absolute atomic E-state index is 0.328. The largest absolute Gasteiger partial charge is 0.487 e. The number of H-pyrrole nitrogens is 1. The Labute approximate surface area is 152 Å². The zero-order chi connectivity index (χ0) is 17.9. The van der Waals surface area contributed by atoms with Crippen LogP contribution in [0.25, 0.3) is 5.57 Å². The summed E-state index contributed by atoms with van der Waals surface area (Å²) < 4.78 is 5.69. The van der Waals surface area contributed by atoms with Gasteiger partial charge in [0.1, 0.15) is 23.9 Å². The lowest BCUT2D eigenvalue weighted by atomic mass is 10.2. The zero-order valence-corrected chi connectivity index (χ0v) is 14.6. The molecule has 2 aromatic rings. The highest BCUT2D eigenvalue weighted by Crippen LogP contribution is 2.11. The molecule has 2 rings (SSSR count). The van der Waals surface area contributed by atoms with Gasteiger partial charge < -0.3 is 9.72 Å². The van der Waals surface area contributed by atoms with Crippen LogP contribution in [0.5, 0.6) is 5.75 Å². The number of hydrogen-bond acceptors (Lipinski definition) is 4. The molecule has 1 aromatic heterocycles. The number of aromatic nitrogens is 3. The van der Waals surface area contributed by atoms with Crippen LogP contribution < -0.4 is 4.74 Å². The van der Waals surface area contributed by atoms with Crippen molar-refractivity contribution in [1.29, 1.82) is 0 Å². The van der Waals surface area contributed by atoms with Gasteiger partial charge in [-0.05, 0) is 30.7 Å². The highest BCUT2D eigenvalue weighted by Gasteiger charge is 1.96. The number of para-hydroxylation sites is 1. The summed E-state index contributed by atoms with van der Waals surface area (Å²) in [6.45, 7) is 5.80. The first kappa shape index (κ1) is 18.4. The molecule has 1 N–H and O–H groups in total. The predicted octanol–water partition coefficient (Wildman–Crippen LogP) is 4.69. The van der Waals surface area contributed by atoms with Crippen LogP contribution in [0.2, 0.25) is 0 Å². The second-order valence-electron chi connectivity index (χ2n) is 4.99. The molecule has 1 aromatic carbocycles. The fraction of sp³-hybridized carbons (Fsp3) is 0.105. The van der Waals surface area contributed by atoms with Crippen LogP contribution in [0.1, 0.15) is 18.2 Å². The normalized spacial score (nSPS) is 11.6. The first-order chi connectivity index (χ1) is 12.2. The van der Waals surface area contributed by atoms with Gasteiger partial charge >= 0.3 is 0 Å². The molecule has 0 saturated heterocycles. The van der Waals surface area contributed by atoms with Crippen molar-refractivity contribution in [2.45, 2.75) is 13.5 Å². The van der Waals surface area contributed by atoms with Crippen molar-refractivity contribution in [3.8, 4) is 5.75 Å². The van der Waals surface area contributed by atoms with E-state index in [1.165, 1.54) is 12.4 Å². The number of allylic oxidation sites excluding steroid dienone is 2. The first-order valence-corrected chi connectivity index (χ1v) is 7.98. The van der Waals surface area contributed by atoms with E-state index in [0.717, 1.165) is 16.9 Å². The minimum Gasteiger partial charge on any atom is -0.487 e. The van der Waals surface area contributed by atoms with Gasteiger partial charge in [-0.15, -0.1) is 0 Å². The molecule has 25 heavy (non-hydrogen) atoms. The second kappa shape index (κ2) is 10.1. The van der Waals surface area contributed by atoms with E-state index in [1.54, 1.807) is 18.6 Å². The molecule has 0 aliphatic rings. The number of aliphatic imine (C=N–C) groups is 1. The van der Waals surface area contributed by atoms with Gasteiger partial charge in [-0.3, -0.25) is 0 Å². The number of nitrogens with zero attached hydrogens (tertiary/aromatic N) is 3. The Kier molecular flexibility index (Phi) is 7.41. The topological polar surface area (TPSA) is 63.2 Å². The monoisotopic (exact) mass is 354 g/mol. The van der Waals surface area contributed by atoms with Gasteiger partial charge in [0.2, 0.25) is 0 Å². The molecule has 6 heteroatoms. The fourth-order valence-corrected chi connectivity index (χ4v) is 1.83. The summed E-state index contributed by atoms with van der Waals surface area (Å²) >= 11 is 5.81. The lowest BCUT2D eigenvalue weighted by Crippen LogP contribution is -1.96. The average molecular weight is 355 g/mol. The van der Waals surface area contributed by atoms with Crippen LogP contribution in [0.4, 0.5) is 0 Å². The number of benzene rings is 1. The summed E-state index contributed by atoms with van der Waals surface area (Å²) in [5.74, 6) is 0.786. The smallest absolute Gasteiger partial charge is 0.132 e. The van der Waals surface area contributed by atoms with E-state index < -0.39 is 0 Å². The van der Waals surface area contributed by atoms with Gasteiger partial charge in [0.25, 0.3) is 0 Å².